The van der Waals surface area contributed by atoms with Gasteiger partial charge in [-0.05, 0) is 31.5 Å². The Morgan fingerprint density at radius 2 is 2.10 bits per heavy atom. The van der Waals surface area contributed by atoms with Gasteiger partial charge in [-0.25, -0.2) is 0 Å². The third-order valence-electron chi connectivity index (χ3n) is 1.41. The van der Waals surface area contributed by atoms with Crippen LogP contribution in [-0.4, -0.2) is 8.32 Å². The maximum absolute atomic E-state index is 11.3. The molecule has 10 heavy (non-hydrogen) atoms. The molecule has 0 aliphatic carbocycles. The molecule has 0 fully saturated rings. The molecule has 0 aliphatic heterocycles. The fourth-order valence-electron chi connectivity index (χ4n) is 1.21. The monoisotopic (exact) mass is 157 g/mol. The van der Waals surface area contributed by atoms with E-state index in [2.05, 4.69) is 13.5 Å². The second-order valence-corrected chi connectivity index (χ2v) is 7.52. The molecular formula is C8H17OSi. The zero-order valence-corrected chi connectivity index (χ0v) is 8.18. The molecule has 1 unspecified atom stereocenters. The molecule has 1 radical (unpaired) electrons. The summed E-state index contributed by atoms with van der Waals surface area (Å²) in [5.41, 5.74) is 0. The molecule has 0 amide bonds. The summed E-state index contributed by atoms with van der Waals surface area (Å²) in [6.07, 6.45) is 2.88. The van der Waals surface area contributed by atoms with E-state index < -0.39 is 8.32 Å². The van der Waals surface area contributed by atoms with E-state index in [0.717, 1.165) is 12.5 Å². The highest BCUT2D eigenvalue weighted by Gasteiger charge is 2.22. The largest absolute Gasteiger partial charge is 0.298 e. The summed E-state index contributed by atoms with van der Waals surface area (Å²) in [6, 6.07) is 0.874. The molecule has 0 aromatic carbocycles. The van der Waals surface area contributed by atoms with Crippen LogP contribution in [0.5, 0.6) is 0 Å². The molecule has 0 aromatic heterocycles. The molecule has 2 heteroatoms. The topological polar surface area (TPSA) is 19.9 Å². The molecule has 0 bridgehead atoms. The molecule has 1 nitrogen and oxygen atoms in total. The Hall–Kier alpha value is -0.0831. The minimum atomic E-state index is -2.06. The number of hydrogen-bond acceptors (Lipinski definition) is 0. The quantitative estimate of drug-likeness (QED) is 0.442. The molecule has 0 spiro atoms. The van der Waals surface area contributed by atoms with Crippen molar-refractivity contribution in [1.82, 2.24) is 0 Å². The minimum Gasteiger partial charge on any atom is -0.298 e. The van der Waals surface area contributed by atoms with E-state index in [1.807, 2.05) is 19.2 Å². The van der Waals surface area contributed by atoms with Gasteiger partial charge in [-0.15, -0.1) is 6.58 Å². The van der Waals surface area contributed by atoms with Crippen molar-refractivity contribution in [3.63, 3.8) is 0 Å². The summed E-state index contributed by atoms with van der Waals surface area (Å²) >= 11 is 0. The predicted octanol–water partition coefficient (Wildman–Crippen LogP) is 2.83. The molecular weight excluding hydrogens is 140 g/mol. The Labute approximate surface area is 64.9 Å². The molecule has 0 aliphatic rings. The molecule has 0 N–H and O–H groups in total. The summed E-state index contributed by atoms with van der Waals surface area (Å²) in [5.74, 6) is 0.539. The van der Waals surface area contributed by atoms with Crippen LogP contribution in [0.2, 0.25) is 19.1 Å². The molecule has 59 valence electrons. The van der Waals surface area contributed by atoms with Crippen LogP contribution in [0.15, 0.2) is 12.7 Å². The standard InChI is InChI=1S/C8H17OSi/c1-5-6-8(2)7-10(3,4)9/h5,8H,1,6-7H2,2-4H3. The lowest BCUT2D eigenvalue weighted by atomic mass is 10.1. The summed E-state index contributed by atoms with van der Waals surface area (Å²) in [7, 11) is -2.06. The molecule has 0 heterocycles. The van der Waals surface area contributed by atoms with Gasteiger partial charge in [0.1, 0.15) is 0 Å². The van der Waals surface area contributed by atoms with Crippen molar-refractivity contribution in [3.05, 3.63) is 12.7 Å². The van der Waals surface area contributed by atoms with E-state index in [9.17, 15) is 4.80 Å². The highest BCUT2D eigenvalue weighted by atomic mass is 28.4. The van der Waals surface area contributed by atoms with Crippen LogP contribution in [0.1, 0.15) is 13.3 Å². The second-order valence-electron chi connectivity index (χ2n) is 3.59. The second kappa shape index (κ2) is 3.94. The SMILES string of the molecule is C=CCC(C)C[Si](C)(C)[O]. The van der Waals surface area contributed by atoms with E-state index in [1.54, 1.807) is 0 Å². The van der Waals surface area contributed by atoms with Crippen molar-refractivity contribution in [1.29, 1.82) is 0 Å². The highest BCUT2D eigenvalue weighted by molar-refractivity contribution is 6.69. The van der Waals surface area contributed by atoms with Gasteiger partial charge in [0.2, 0.25) is 8.32 Å². The van der Waals surface area contributed by atoms with E-state index in [0.29, 0.717) is 5.92 Å². The lowest BCUT2D eigenvalue weighted by molar-refractivity contribution is 0.414. The van der Waals surface area contributed by atoms with Crippen molar-refractivity contribution < 1.29 is 4.80 Å². The van der Waals surface area contributed by atoms with Crippen molar-refractivity contribution in [2.75, 3.05) is 0 Å². The van der Waals surface area contributed by atoms with Crippen LogP contribution in [0, 0.1) is 5.92 Å². The Balaban J connectivity index is 3.56. The fraction of sp³-hybridized carbons (Fsp3) is 0.750. The summed E-state index contributed by atoms with van der Waals surface area (Å²) < 4.78 is 0. The zero-order valence-electron chi connectivity index (χ0n) is 7.18. The Bertz CT molecular complexity index is 104. The van der Waals surface area contributed by atoms with Crippen LogP contribution < -0.4 is 0 Å². The highest BCUT2D eigenvalue weighted by Crippen LogP contribution is 2.17. The average Bonchev–Trinajstić information content (AvgIpc) is 1.59. The first-order valence-electron chi connectivity index (χ1n) is 3.77. The third kappa shape index (κ3) is 6.04. The van der Waals surface area contributed by atoms with E-state index >= 15 is 0 Å². The van der Waals surface area contributed by atoms with Gasteiger partial charge in [0.25, 0.3) is 0 Å². The first-order chi connectivity index (χ1) is 4.45. The van der Waals surface area contributed by atoms with Gasteiger partial charge in [-0.2, -0.15) is 0 Å². The van der Waals surface area contributed by atoms with Crippen LogP contribution in [0.4, 0.5) is 0 Å². The first-order valence-corrected chi connectivity index (χ1v) is 6.88. The average molecular weight is 157 g/mol. The van der Waals surface area contributed by atoms with Gasteiger partial charge in [0.05, 0.1) is 0 Å². The lowest BCUT2D eigenvalue weighted by Gasteiger charge is -2.15. The van der Waals surface area contributed by atoms with E-state index in [1.165, 1.54) is 0 Å². The fourth-order valence-corrected chi connectivity index (χ4v) is 3.05. The maximum Gasteiger partial charge on any atom is 0.231 e. The van der Waals surface area contributed by atoms with Gasteiger partial charge in [0, 0.05) is 0 Å². The number of rotatable bonds is 4. The Kier molecular flexibility index (Phi) is 3.90. The van der Waals surface area contributed by atoms with Crippen molar-refractivity contribution in [2.24, 2.45) is 5.92 Å². The normalized spacial score (nSPS) is 14.8. The van der Waals surface area contributed by atoms with Gasteiger partial charge in [-0.1, -0.05) is 13.0 Å². The zero-order chi connectivity index (χ0) is 8.20. The molecule has 1 atom stereocenters. The minimum absolute atomic E-state index is 0.539. The number of allylic oxidation sites excluding steroid dienone is 1. The van der Waals surface area contributed by atoms with Crippen molar-refractivity contribution in [2.45, 2.75) is 32.5 Å². The smallest absolute Gasteiger partial charge is 0.231 e. The molecule has 0 saturated carbocycles. The lowest BCUT2D eigenvalue weighted by Crippen LogP contribution is -2.25. The Morgan fingerprint density at radius 3 is 2.40 bits per heavy atom. The summed E-state index contributed by atoms with van der Waals surface area (Å²) in [6.45, 7) is 9.50. The number of hydrogen-bond donors (Lipinski definition) is 0. The van der Waals surface area contributed by atoms with Crippen LogP contribution in [0.3, 0.4) is 0 Å². The summed E-state index contributed by atoms with van der Waals surface area (Å²) in [4.78, 5) is 11.3. The van der Waals surface area contributed by atoms with Crippen LogP contribution >= 0.6 is 0 Å². The van der Waals surface area contributed by atoms with E-state index in [-0.39, 0.29) is 0 Å². The summed E-state index contributed by atoms with van der Waals surface area (Å²) in [5, 5.41) is 0. The molecule has 0 aromatic rings. The van der Waals surface area contributed by atoms with Gasteiger partial charge in [-0.3, -0.25) is 4.80 Å². The van der Waals surface area contributed by atoms with Gasteiger partial charge < -0.3 is 0 Å². The maximum atomic E-state index is 11.3. The molecule has 0 rings (SSSR count). The van der Waals surface area contributed by atoms with E-state index in [4.69, 9.17) is 0 Å². The Morgan fingerprint density at radius 1 is 1.60 bits per heavy atom. The van der Waals surface area contributed by atoms with Crippen LogP contribution in [0.25, 0.3) is 0 Å². The molecule has 0 saturated heterocycles. The van der Waals surface area contributed by atoms with Crippen LogP contribution in [-0.2, 0) is 4.80 Å². The van der Waals surface area contributed by atoms with Crippen molar-refractivity contribution >= 4 is 8.32 Å². The van der Waals surface area contributed by atoms with Gasteiger partial charge >= 0.3 is 0 Å². The van der Waals surface area contributed by atoms with Crippen molar-refractivity contribution in [3.8, 4) is 0 Å². The predicted molar refractivity (Wildman–Crippen MR) is 47.0 cm³/mol. The third-order valence-corrected chi connectivity index (χ3v) is 3.09. The van der Waals surface area contributed by atoms with Gasteiger partial charge in [0.15, 0.2) is 0 Å². The first kappa shape index (κ1) is 9.92.